The van der Waals surface area contributed by atoms with Gasteiger partial charge in [0.1, 0.15) is 11.2 Å². The van der Waals surface area contributed by atoms with E-state index in [1.54, 1.807) is 0 Å². The molecule has 1 aromatic heterocycles. The minimum Gasteiger partial charge on any atom is -0.455 e. The summed E-state index contributed by atoms with van der Waals surface area (Å²) in [5.74, 6) is 0. The summed E-state index contributed by atoms with van der Waals surface area (Å²) in [4.78, 5) is 2.44. The fourth-order valence-corrected chi connectivity index (χ4v) is 8.38. The third-order valence-corrected chi connectivity index (χ3v) is 10.9. The van der Waals surface area contributed by atoms with Gasteiger partial charge in [0, 0.05) is 38.7 Å². The van der Waals surface area contributed by atoms with Gasteiger partial charge in [-0.15, -0.1) is 0 Å². The number of para-hydroxylation sites is 2. The minimum atomic E-state index is -0.117. The fourth-order valence-electron chi connectivity index (χ4n) is 8.38. The summed E-state index contributed by atoms with van der Waals surface area (Å²) in [5.41, 5.74) is 15.1. The zero-order chi connectivity index (χ0) is 34.1. The Morgan fingerprint density at radius 1 is 0.451 bits per heavy atom. The molecular weight excluding hydrogens is 619 g/mol. The Bertz CT molecular complexity index is 2770. The highest BCUT2D eigenvalue weighted by Gasteiger charge is 2.36. The largest absolute Gasteiger partial charge is 0.455 e. The van der Waals surface area contributed by atoms with Gasteiger partial charge in [0.05, 0.1) is 5.69 Å². The third kappa shape index (κ3) is 4.57. The number of hydrogen-bond acceptors (Lipinski definition) is 2. The van der Waals surface area contributed by atoms with E-state index in [2.05, 4.69) is 183 Å². The Morgan fingerprint density at radius 2 is 1.12 bits per heavy atom. The van der Waals surface area contributed by atoms with Crippen molar-refractivity contribution in [3.8, 4) is 33.4 Å². The Labute approximate surface area is 297 Å². The molecular formula is C49H35NO. The molecule has 0 radical (unpaired) electrons. The van der Waals surface area contributed by atoms with E-state index in [9.17, 15) is 0 Å². The van der Waals surface area contributed by atoms with Crippen LogP contribution in [-0.2, 0) is 5.41 Å². The number of fused-ring (bicyclic) bond motifs is 7. The predicted octanol–water partition coefficient (Wildman–Crippen LogP) is 13.8. The molecule has 10 rings (SSSR count). The number of furan rings is 1. The van der Waals surface area contributed by atoms with E-state index in [1.807, 2.05) is 12.1 Å². The maximum Gasteiger partial charge on any atom is 0.143 e. The van der Waals surface area contributed by atoms with E-state index in [4.69, 9.17) is 4.42 Å². The topological polar surface area (TPSA) is 16.4 Å². The second kappa shape index (κ2) is 11.3. The zero-order valence-corrected chi connectivity index (χ0v) is 28.6. The molecule has 0 N–H and O–H groups in total. The minimum absolute atomic E-state index is 0.117. The van der Waals surface area contributed by atoms with Crippen LogP contribution < -0.4 is 4.90 Å². The smallest absolute Gasteiger partial charge is 0.143 e. The van der Waals surface area contributed by atoms with Crippen LogP contribution in [0, 0.1) is 0 Å². The molecule has 0 saturated carbocycles. The average molecular weight is 654 g/mol. The quantitative estimate of drug-likeness (QED) is 0.184. The molecule has 242 valence electrons. The second-order valence-corrected chi connectivity index (χ2v) is 14.1. The second-order valence-electron chi connectivity index (χ2n) is 14.1. The molecule has 1 aliphatic rings. The van der Waals surface area contributed by atoms with Gasteiger partial charge in [-0.2, -0.15) is 0 Å². The monoisotopic (exact) mass is 653 g/mol. The summed E-state index contributed by atoms with van der Waals surface area (Å²) in [6.45, 7) is 4.70. The highest BCUT2D eigenvalue weighted by atomic mass is 16.3. The lowest BCUT2D eigenvalue weighted by atomic mass is 9.82. The molecule has 51 heavy (non-hydrogen) atoms. The van der Waals surface area contributed by atoms with Crippen molar-refractivity contribution < 1.29 is 4.42 Å². The lowest BCUT2D eigenvalue weighted by molar-refractivity contribution is 0.660. The molecule has 2 heteroatoms. The number of anilines is 3. The van der Waals surface area contributed by atoms with E-state index in [-0.39, 0.29) is 5.41 Å². The summed E-state index contributed by atoms with van der Waals surface area (Å²) < 4.78 is 6.44. The highest BCUT2D eigenvalue weighted by molar-refractivity contribution is 6.10. The van der Waals surface area contributed by atoms with Crippen molar-refractivity contribution in [3.05, 3.63) is 187 Å². The predicted molar refractivity (Wildman–Crippen MR) is 214 cm³/mol. The summed E-state index contributed by atoms with van der Waals surface area (Å²) >= 11 is 0. The standard InChI is InChI=1S/C49H35NO/c1-49(2)43-21-10-8-17-39(43)40-29-28-36(31-44(40)49)50(45-30-25-32-13-6-7-16-37(32)47(45)34-14-4-3-5-15-34)35-26-23-33(24-27-35)38-19-12-20-42-41-18-9-11-22-46(41)51-48(38)42/h3-31H,1-2H3. The first-order valence-electron chi connectivity index (χ1n) is 17.7. The number of rotatable bonds is 5. The van der Waals surface area contributed by atoms with Crippen molar-refractivity contribution in [3.63, 3.8) is 0 Å². The number of hydrogen-bond donors (Lipinski definition) is 0. The SMILES string of the molecule is CC1(C)c2ccccc2-c2ccc(N(c3ccc(-c4cccc5c4oc4ccccc45)cc3)c3ccc4ccccc4c3-c3ccccc3)cc21. The molecule has 0 amide bonds. The van der Waals surface area contributed by atoms with Crippen molar-refractivity contribution in [1.82, 2.24) is 0 Å². The molecule has 0 fully saturated rings. The molecule has 0 saturated heterocycles. The highest BCUT2D eigenvalue weighted by Crippen LogP contribution is 2.52. The maximum atomic E-state index is 6.44. The summed E-state index contributed by atoms with van der Waals surface area (Å²) in [6, 6.07) is 63.7. The fraction of sp³-hybridized carbons (Fsp3) is 0.0612. The molecule has 0 unspecified atom stereocenters. The lowest BCUT2D eigenvalue weighted by Crippen LogP contribution is -2.17. The summed E-state index contributed by atoms with van der Waals surface area (Å²) in [5, 5.41) is 4.73. The third-order valence-electron chi connectivity index (χ3n) is 10.9. The van der Waals surface area contributed by atoms with Crippen molar-refractivity contribution in [2.45, 2.75) is 19.3 Å². The van der Waals surface area contributed by atoms with Gasteiger partial charge in [-0.05, 0) is 80.6 Å². The lowest BCUT2D eigenvalue weighted by Gasteiger charge is -2.30. The van der Waals surface area contributed by atoms with Crippen LogP contribution >= 0.6 is 0 Å². The molecule has 1 heterocycles. The van der Waals surface area contributed by atoms with Gasteiger partial charge in [0.15, 0.2) is 0 Å². The number of nitrogens with zero attached hydrogens (tertiary/aromatic N) is 1. The Hall–Kier alpha value is -6.38. The number of benzene rings is 8. The van der Waals surface area contributed by atoms with Gasteiger partial charge in [-0.1, -0.05) is 153 Å². The van der Waals surface area contributed by atoms with Gasteiger partial charge in [0.25, 0.3) is 0 Å². The van der Waals surface area contributed by atoms with Crippen molar-refractivity contribution in [2.75, 3.05) is 4.90 Å². The van der Waals surface area contributed by atoms with E-state index in [0.717, 1.165) is 50.1 Å². The van der Waals surface area contributed by atoms with Gasteiger partial charge in [-0.3, -0.25) is 0 Å². The Balaban J connectivity index is 1.19. The van der Waals surface area contributed by atoms with Crippen LogP contribution in [0.15, 0.2) is 180 Å². The molecule has 1 aliphatic carbocycles. The van der Waals surface area contributed by atoms with Gasteiger partial charge in [0.2, 0.25) is 0 Å². The van der Waals surface area contributed by atoms with Crippen molar-refractivity contribution >= 4 is 49.8 Å². The zero-order valence-electron chi connectivity index (χ0n) is 28.6. The molecule has 0 spiro atoms. The first-order chi connectivity index (χ1) is 25.1. The van der Waals surface area contributed by atoms with Crippen molar-refractivity contribution in [2.24, 2.45) is 0 Å². The van der Waals surface area contributed by atoms with E-state index < -0.39 is 0 Å². The van der Waals surface area contributed by atoms with Gasteiger partial charge >= 0.3 is 0 Å². The molecule has 0 atom stereocenters. The summed E-state index contributed by atoms with van der Waals surface area (Å²) in [7, 11) is 0. The van der Waals surface area contributed by atoms with Crippen molar-refractivity contribution in [1.29, 1.82) is 0 Å². The van der Waals surface area contributed by atoms with Crippen LogP contribution in [-0.4, -0.2) is 0 Å². The Morgan fingerprint density at radius 3 is 1.98 bits per heavy atom. The van der Waals surface area contributed by atoms with Crippen LogP contribution in [0.1, 0.15) is 25.0 Å². The van der Waals surface area contributed by atoms with Gasteiger partial charge in [-0.25, -0.2) is 0 Å². The molecule has 8 aromatic carbocycles. The molecule has 9 aromatic rings. The van der Waals surface area contributed by atoms with Crippen LogP contribution in [0.25, 0.3) is 66.1 Å². The van der Waals surface area contributed by atoms with Crippen LogP contribution in [0.5, 0.6) is 0 Å². The van der Waals surface area contributed by atoms with Gasteiger partial charge < -0.3 is 9.32 Å². The van der Waals surface area contributed by atoms with E-state index in [0.29, 0.717) is 0 Å². The average Bonchev–Trinajstić information content (AvgIpc) is 3.67. The first-order valence-corrected chi connectivity index (χ1v) is 17.7. The van der Waals surface area contributed by atoms with Crippen LogP contribution in [0.3, 0.4) is 0 Å². The molecule has 0 aliphatic heterocycles. The molecule has 0 bridgehead atoms. The molecule has 2 nitrogen and oxygen atoms in total. The van der Waals surface area contributed by atoms with Crippen LogP contribution in [0.4, 0.5) is 17.1 Å². The normalized spacial score (nSPS) is 13.1. The Kier molecular flexibility index (Phi) is 6.56. The van der Waals surface area contributed by atoms with E-state index in [1.165, 1.54) is 44.2 Å². The van der Waals surface area contributed by atoms with Crippen LogP contribution in [0.2, 0.25) is 0 Å². The van der Waals surface area contributed by atoms with E-state index >= 15 is 0 Å². The summed E-state index contributed by atoms with van der Waals surface area (Å²) in [6.07, 6.45) is 0. The maximum absolute atomic E-state index is 6.44. The first kappa shape index (κ1) is 29.5.